The minimum absolute atomic E-state index is 0. The van der Waals surface area contributed by atoms with Crippen LogP contribution < -0.4 is 0 Å². The van der Waals surface area contributed by atoms with Crippen molar-refractivity contribution in [3.63, 3.8) is 0 Å². The average Bonchev–Trinajstić information content (AvgIpc) is 1.87. The van der Waals surface area contributed by atoms with Crippen LogP contribution >= 0.6 is 24.8 Å². The molecule has 0 bridgehead atoms. The van der Waals surface area contributed by atoms with E-state index in [1.165, 1.54) is 0 Å². The molecule has 0 amide bonds. The zero-order chi connectivity index (χ0) is 7.28. The van der Waals surface area contributed by atoms with E-state index in [9.17, 15) is 0 Å². The van der Waals surface area contributed by atoms with Gasteiger partial charge in [-0.2, -0.15) is 0 Å². The molecule has 0 heterocycles. The van der Waals surface area contributed by atoms with Crippen LogP contribution in [0.2, 0.25) is 0 Å². The summed E-state index contributed by atoms with van der Waals surface area (Å²) in [5.41, 5.74) is 0. The molecule has 0 aliphatic rings. The largest absolute Gasteiger partial charge is 0.419 e. The van der Waals surface area contributed by atoms with Gasteiger partial charge in [0.15, 0.2) is 0 Å². The van der Waals surface area contributed by atoms with Gasteiger partial charge in [-0.05, 0) is 0 Å². The summed E-state index contributed by atoms with van der Waals surface area (Å²) in [4.78, 5) is 0. The first-order valence-electron chi connectivity index (χ1n) is 2.06. The molecule has 0 rings (SSSR count). The van der Waals surface area contributed by atoms with E-state index in [-0.39, 0.29) is 24.8 Å². The minimum atomic E-state index is -0.441. The predicted molar refractivity (Wildman–Crippen MR) is 48.6 cm³/mol. The summed E-state index contributed by atoms with van der Waals surface area (Å²) in [6.45, 7) is 0. The molecule has 64 valence electrons. The monoisotopic (exact) mass is 198 g/mol. The fraction of sp³-hybridized carbons (Fsp3) is 0. The molecule has 0 saturated heterocycles. The number of hydrogen-bond acceptors (Lipinski definition) is 5. The van der Waals surface area contributed by atoms with Gasteiger partial charge in [-0.3, -0.25) is 10.8 Å². The van der Waals surface area contributed by atoms with Crippen molar-refractivity contribution in [2.75, 3.05) is 0 Å². The van der Waals surface area contributed by atoms with Gasteiger partial charge in [-0.15, -0.1) is 24.8 Å². The van der Waals surface area contributed by atoms with Crippen LogP contribution in [-0.4, -0.2) is 24.2 Å². The smallest absolute Gasteiger partial charge is 0.231 e. The highest BCUT2D eigenvalue weighted by Crippen LogP contribution is 1.73. The molecule has 0 aromatic carbocycles. The third-order valence-corrected chi connectivity index (χ3v) is 0.482. The molecule has 0 saturated carbocycles. The lowest BCUT2D eigenvalue weighted by atomic mass is 10.7. The molecule has 0 aromatic rings. The summed E-state index contributed by atoms with van der Waals surface area (Å²) < 4.78 is 4.23. The summed E-state index contributed by atoms with van der Waals surface area (Å²) in [7, 11) is 0. The summed E-state index contributed by atoms with van der Waals surface area (Å²) in [6, 6.07) is 0. The van der Waals surface area contributed by atoms with Gasteiger partial charge in [0.25, 0.3) is 0 Å². The van der Waals surface area contributed by atoms with Crippen molar-refractivity contribution in [2.45, 2.75) is 0 Å². The first-order chi connectivity index (χ1) is 4.20. The Kier molecular flexibility index (Phi) is 13.6. The highest BCUT2D eigenvalue weighted by Gasteiger charge is 1.93. The summed E-state index contributed by atoms with van der Waals surface area (Å²) in [5.74, 6) is -0.882. The number of halogens is 2. The number of rotatable bonds is 2. The Bertz CT molecular complexity index is 151. The van der Waals surface area contributed by atoms with Crippen molar-refractivity contribution < 1.29 is 4.74 Å². The van der Waals surface area contributed by atoms with Crippen molar-refractivity contribution in [1.29, 1.82) is 21.6 Å². The Hall–Kier alpha value is -0.940. The van der Waals surface area contributed by atoms with Crippen molar-refractivity contribution >= 4 is 49.0 Å². The molecule has 7 heteroatoms. The molecular weight excluding hydrogens is 191 g/mol. The Morgan fingerprint density at radius 1 is 0.909 bits per heavy atom. The molecule has 11 heavy (non-hydrogen) atoms. The summed E-state index contributed by atoms with van der Waals surface area (Å²) >= 11 is 0. The molecular formula is C4H8Cl2N4O. The molecule has 0 aliphatic carbocycles. The van der Waals surface area contributed by atoms with Crippen LogP contribution in [0.25, 0.3) is 0 Å². The average molecular weight is 199 g/mol. The van der Waals surface area contributed by atoms with Gasteiger partial charge in [0.1, 0.15) is 0 Å². The summed E-state index contributed by atoms with van der Waals surface area (Å²) in [6.07, 6.45) is 1.30. The van der Waals surface area contributed by atoms with E-state index >= 15 is 0 Å². The Morgan fingerprint density at radius 3 is 1.36 bits per heavy atom. The van der Waals surface area contributed by atoms with Gasteiger partial charge in [0.2, 0.25) is 11.8 Å². The fourth-order valence-corrected chi connectivity index (χ4v) is 0.177. The standard InChI is InChI=1S/C4H6N4O.2ClH/c5-1-3(7)9-4(8)2-6;;/h1-2,5-8H;2*1H. The van der Waals surface area contributed by atoms with Crippen molar-refractivity contribution in [3.8, 4) is 0 Å². The predicted octanol–water partition coefficient (Wildman–Crippen LogP) is 1.10. The molecule has 0 atom stereocenters. The van der Waals surface area contributed by atoms with Crippen LogP contribution in [0.4, 0.5) is 0 Å². The van der Waals surface area contributed by atoms with Gasteiger partial charge in [-0.1, -0.05) is 0 Å². The maximum Gasteiger partial charge on any atom is 0.231 e. The zero-order valence-electron chi connectivity index (χ0n) is 5.38. The van der Waals surface area contributed by atoms with Gasteiger partial charge < -0.3 is 15.6 Å². The lowest BCUT2D eigenvalue weighted by Gasteiger charge is -1.95. The van der Waals surface area contributed by atoms with Crippen LogP contribution in [0, 0.1) is 21.6 Å². The third-order valence-electron chi connectivity index (χ3n) is 0.482. The van der Waals surface area contributed by atoms with Gasteiger partial charge >= 0.3 is 0 Å². The van der Waals surface area contributed by atoms with E-state index < -0.39 is 11.8 Å². The zero-order valence-corrected chi connectivity index (χ0v) is 7.01. The van der Waals surface area contributed by atoms with Crippen LogP contribution in [0.3, 0.4) is 0 Å². The van der Waals surface area contributed by atoms with Gasteiger partial charge in [0, 0.05) is 0 Å². The molecule has 0 radical (unpaired) electrons. The number of ether oxygens (including phenoxy) is 1. The second-order valence-electron chi connectivity index (χ2n) is 1.12. The molecule has 5 nitrogen and oxygen atoms in total. The van der Waals surface area contributed by atoms with Gasteiger partial charge in [0.05, 0.1) is 12.4 Å². The lowest BCUT2D eigenvalue weighted by Crippen LogP contribution is -2.11. The van der Waals surface area contributed by atoms with Crippen molar-refractivity contribution in [1.82, 2.24) is 0 Å². The van der Waals surface area contributed by atoms with E-state index in [1.807, 2.05) is 0 Å². The van der Waals surface area contributed by atoms with Crippen molar-refractivity contribution in [2.24, 2.45) is 0 Å². The normalized spacial score (nSPS) is 6.18. The van der Waals surface area contributed by atoms with Crippen LogP contribution in [0.15, 0.2) is 0 Å². The fourth-order valence-electron chi connectivity index (χ4n) is 0.177. The molecule has 0 aliphatic heterocycles. The van der Waals surface area contributed by atoms with E-state index in [4.69, 9.17) is 21.6 Å². The van der Waals surface area contributed by atoms with Crippen LogP contribution in [0.5, 0.6) is 0 Å². The third kappa shape index (κ3) is 9.06. The topological polar surface area (TPSA) is 105 Å². The maximum absolute atomic E-state index is 6.66. The van der Waals surface area contributed by atoms with E-state index in [0.717, 1.165) is 0 Å². The van der Waals surface area contributed by atoms with Gasteiger partial charge in [-0.25, -0.2) is 0 Å². The number of nitrogens with one attached hydrogen (secondary N) is 4. The molecule has 0 spiro atoms. The Morgan fingerprint density at radius 2 is 1.18 bits per heavy atom. The quantitative estimate of drug-likeness (QED) is 0.388. The minimum Gasteiger partial charge on any atom is -0.419 e. The first-order valence-corrected chi connectivity index (χ1v) is 2.06. The first kappa shape index (κ1) is 16.6. The molecule has 0 aromatic heterocycles. The second-order valence-corrected chi connectivity index (χ2v) is 1.12. The molecule has 0 fully saturated rings. The van der Waals surface area contributed by atoms with Crippen molar-refractivity contribution in [3.05, 3.63) is 0 Å². The Labute approximate surface area is 76.0 Å². The SMILES string of the molecule is Cl.Cl.N=CC(=N)OC(=N)C=N. The number of hydrogen-bond donors (Lipinski definition) is 4. The lowest BCUT2D eigenvalue weighted by molar-refractivity contribution is 0.557. The van der Waals surface area contributed by atoms with E-state index in [1.54, 1.807) is 0 Å². The Balaban J connectivity index is -0.000000320. The molecule has 0 unspecified atom stereocenters. The highest BCUT2D eigenvalue weighted by atomic mass is 35.5. The maximum atomic E-state index is 6.66. The molecule has 4 N–H and O–H groups in total. The summed E-state index contributed by atoms with van der Waals surface area (Å²) in [5, 5.41) is 26.2. The van der Waals surface area contributed by atoms with E-state index in [0.29, 0.717) is 12.4 Å². The van der Waals surface area contributed by atoms with E-state index in [2.05, 4.69) is 4.74 Å². The van der Waals surface area contributed by atoms with Crippen LogP contribution in [0.1, 0.15) is 0 Å². The second kappa shape index (κ2) is 9.06. The highest BCUT2D eigenvalue weighted by molar-refractivity contribution is 6.33. The van der Waals surface area contributed by atoms with Crippen LogP contribution in [-0.2, 0) is 4.74 Å².